The van der Waals surface area contributed by atoms with Crippen LogP contribution in [0, 0.1) is 5.92 Å². The van der Waals surface area contributed by atoms with E-state index in [4.69, 9.17) is 53.1 Å². The Kier molecular flexibility index (Phi) is 36.3. The summed E-state index contributed by atoms with van der Waals surface area (Å²) >= 11 is 3.44. The molecule has 15 aromatic rings. The normalized spacial score (nSPS) is 10.9. The van der Waals surface area contributed by atoms with E-state index in [1.54, 1.807) is 71.0 Å². The van der Waals surface area contributed by atoms with Crippen LogP contribution in [0.5, 0.6) is 23.0 Å². The molecule has 0 bridgehead atoms. The van der Waals surface area contributed by atoms with E-state index in [0.29, 0.717) is 162 Å². The molecule has 15 rings (SSSR count). The summed E-state index contributed by atoms with van der Waals surface area (Å²) in [7, 11) is 6.40. The number of benzene rings is 11. The average Bonchev–Trinajstić information content (AvgIpc) is 0.775. The minimum Gasteiger partial charge on any atom is -0.507 e. The lowest BCUT2D eigenvalue weighted by Gasteiger charge is -2.18. The van der Waals surface area contributed by atoms with Crippen molar-refractivity contribution >= 4 is 22.0 Å². The molecule has 0 saturated heterocycles. The van der Waals surface area contributed by atoms with Crippen LogP contribution in [0.15, 0.2) is 345 Å². The van der Waals surface area contributed by atoms with E-state index >= 15 is 0 Å². The number of aryl methyl sites for hydroxylation is 4. The van der Waals surface area contributed by atoms with E-state index < -0.39 is 0 Å². The molecule has 0 amide bonds. The number of hydrogen-bond acceptors (Lipinski definition) is 16. The van der Waals surface area contributed by atoms with Gasteiger partial charge in [-0.15, -0.1) is 0 Å². The number of hydrogen-bond donors (Lipinski definition) is 1. The predicted octanol–water partition coefficient (Wildman–Crippen LogP) is 21.0. The summed E-state index contributed by atoms with van der Waals surface area (Å²) in [5.41, 5.74) is 15.0. The SMILES string of the molecule is COCc1cc(=O)n(CCc2ccccc2)c(-c2ccccc2OCc2ccccc2)n1.COCc1nc(-c2ccccc2O)n(CCc2ccccc2)c(=O)c1CC(C)C.COCc1nc(-c2ccccc2OCc2ccccc2)n(CCc2ccccc2)c(=O)c1Br.COCc1nc(-c2ccccc2OCc2ccccc2)n(CCc2ccccc2)c(=O)c1C=C(C)C. The highest BCUT2D eigenvalue weighted by molar-refractivity contribution is 9.10. The summed E-state index contributed by atoms with van der Waals surface area (Å²) in [6.45, 7) is 12.4. The first-order valence-corrected chi connectivity index (χ1v) is 44.3. The molecule has 4 heterocycles. The van der Waals surface area contributed by atoms with Gasteiger partial charge >= 0.3 is 0 Å². The molecule has 0 atom stereocenters. The van der Waals surface area contributed by atoms with Crippen molar-refractivity contribution in [1.82, 2.24) is 38.2 Å². The van der Waals surface area contributed by atoms with Gasteiger partial charge in [0.1, 0.15) is 70.6 Å². The minimum absolute atomic E-state index is 0.0602. The standard InChI is InChI=1S/C31H32N2O3.C27H25BrN2O3.C27H26N2O3.C24H28N2O3/c1-23(2)20-27-28(22-35-3)32-30(33(31(27)34)19-18-24-12-6-4-7-13-24)26-16-10-11-17-29(26)36-21-25-14-8-5-9-15-25;1-32-19-23-25(28)27(31)30(17-16-20-10-4-2-5-11-20)26(29-23)22-14-8-9-15-24(22)33-18-21-12-6-3-7-13-21;1-31-20-23-18-26(30)29(17-16-21-10-4-2-5-11-21)27(28-23)24-14-8-9-15-25(24)32-19-22-12-6-3-7-13-22;1-17(2)15-20-21(16-29-3)25-23(19-11-7-8-12-22(19)27)26(24(20)28)14-13-18-9-5-4-6-10-18/h4-17,20H,18-19,21-22H2,1-3H3;2-15H,16-19H2,1H3;2-15,18H,16-17,19-20H2,1H3;4-12,17,27H,13-16H2,1-3H3. The van der Waals surface area contributed by atoms with Crippen molar-refractivity contribution in [3.8, 4) is 68.5 Å². The first-order chi connectivity index (χ1) is 63.5. The van der Waals surface area contributed by atoms with E-state index in [-0.39, 0.29) is 54.4 Å². The van der Waals surface area contributed by atoms with Gasteiger partial charge in [0.15, 0.2) is 0 Å². The summed E-state index contributed by atoms with van der Waals surface area (Å²) in [6.07, 6.45) is 5.37. The summed E-state index contributed by atoms with van der Waals surface area (Å²) in [4.78, 5) is 73.2. The summed E-state index contributed by atoms with van der Waals surface area (Å²) in [5, 5.41) is 10.4. The fourth-order valence-corrected chi connectivity index (χ4v) is 15.2. The third-order valence-electron chi connectivity index (χ3n) is 21.2. The van der Waals surface area contributed by atoms with Crippen molar-refractivity contribution in [1.29, 1.82) is 0 Å². The Morgan fingerprint density at radius 3 is 1.04 bits per heavy atom. The monoisotopic (exact) mass is 1800 g/mol. The van der Waals surface area contributed by atoms with Gasteiger partial charge in [0.2, 0.25) is 0 Å². The van der Waals surface area contributed by atoms with Gasteiger partial charge in [-0.3, -0.25) is 37.4 Å². The molecule has 0 aliphatic heterocycles. The Bertz CT molecular complexity index is 6400. The smallest absolute Gasteiger partial charge is 0.268 e. The largest absolute Gasteiger partial charge is 0.507 e. The Morgan fingerprint density at radius 1 is 0.346 bits per heavy atom. The second-order valence-corrected chi connectivity index (χ2v) is 32.4. The van der Waals surface area contributed by atoms with E-state index in [1.165, 1.54) is 5.56 Å². The summed E-state index contributed by atoms with van der Waals surface area (Å²) < 4.78 is 47.1. The van der Waals surface area contributed by atoms with Gasteiger partial charge in [-0.2, -0.15) is 0 Å². The Morgan fingerprint density at radius 2 is 0.654 bits per heavy atom. The lowest BCUT2D eigenvalue weighted by atomic mass is 10.0. The van der Waals surface area contributed by atoms with Gasteiger partial charge in [0.05, 0.1) is 77.0 Å². The number of aromatic nitrogens is 8. The predicted molar refractivity (Wildman–Crippen MR) is 519 cm³/mol. The zero-order valence-electron chi connectivity index (χ0n) is 74.9. The van der Waals surface area contributed by atoms with Crippen molar-refractivity contribution in [2.24, 2.45) is 5.92 Å². The van der Waals surface area contributed by atoms with E-state index in [1.807, 2.05) is 275 Å². The maximum absolute atomic E-state index is 13.9. The molecule has 4 aromatic heterocycles. The highest BCUT2D eigenvalue weighted by Crippen LogP contribution is 2.35. The molecular weight excluding hydrogens is 1690 g/mol. The molecule has 0 unspecified atom stereocenters. The average molecular weight is 1810 g/mol. The molecule has 0 radical (unpaired) electrons. The fourth-order valence-electron chi connectivity index (χ4n) is 14.8. The highest BCUT2D eigenvalue weighted by atomic mass is 79.9. The van der Waals surface area contributed by atoms with Crippen LogP contribution in [-0.2, 0) is 123 Å². The summed E-state index contributed by atoms with van der Waals surface area (Å²) in [6, 6.07) is 102. The number of halogens is 1. The molecule has 0 spiro atoms. The molecule has 0 aliphatic rings. The molecule has 0 saturated carbocycles. The second-order valence-electron chi connectivity index (χ2n) is 31.6. The van der Waals surface area contributed by atoms with Gasteiger partial charge in [0, 0.05) is 66.2 Å². The van der Waals surface area contributed by atoms with E-state index in [2.05, 4.69) is 66.2 Å². The zero-order chi connectivity index (χ0) is 91.4. The van der Waals surface area contributed by atoms with Gasteiger partial charge in [0.25, 0.3) is 22.2 Å². The van der Waals surface area contributed by atoms with Gasteiger partial charge in [-0.1, -0.05) is 280 Å². The number of methoxy groups -OCH3 is 4. The van der Waals surface area contributed by atoms with Crippen LogP contribution in [0.25, 0.3) is 51.6 Å². The van der Waals surface area contributed by atoms with Crippen molar-refractivity contribution in [2.75, 3.05) is 28.4 Å². The minimum atomic E-state index is -0.138. The van der Waals surface area contributed by atoms with Gasteiger partial charge in [-0.05, 0) is 161 Å². The molecule has 0 aliphatic carbocycles. The molecule has 0 fully saturated rings. The van der Waals surface area contributed by atoms with Crippen molar-refractivity contribution in [2.45, 2.75) is 132 Å². The first-order valence-electron chi connectivity index (χ1n) is 43.5. The first kappa shape index (κ1) is 95.3. The number of phenolic OH excluding ortho intramolecular Hbond substituents is 1. The molecule has 1 N–H and O–H groups in total. The number of rotatable bonds is 36. The Hall–Kier alpha value is -13.8. The lowest BCUT2D eigenvalue weighted by molar-refractivity contribution is 0.180. The van der Waals surface area contributed by atoms with Gasteiger partial charge < -0.3 is 38.3 Å². The third-order valence-corrected chi connectivity index (χ3v) is 22.0. The molecule has 130 heavy (non-hydrogen) atoms. The number of phenols is 1. The third kappa shape index (κ3) is 26.9. The van der Waals surface area contributed by atoms with Crippen LogP contribution in [0.1, 0.15) is 101 Å². The molecule has 11 aromatic carbocycles. The molecule has 20 nitrogen and oxygen atoms in total. The lowest BCUT2D eigenvalue weighted by Crippen LogP contribution is -2.30. The Balaban J connectivity index is 0.000000157. The highest BCUT2D eigenvalue weighted by Gasteiger charge is 2.25. The van der Waals surface area contributed by atoms with Crippen LogP contribution in [0.3, 0.4) is 0 Å². The van der Waals surface area contributed by atoms with Gasteiger partial charge in [-0.25, -0.2) is 19.9 Å². The fraction of sp³-hybridized carbons (Fsp3) is 0.229. The van der Waals surface area contributed by atoms with Crippen molar-refractivity contribution in [3.05, 3.63) is 440 Å². The van der Waals surface area contributed by atoms with Crippen LogP contribution < -0.4 is 36.4 Å². The molecule has 666 valence electrons. The zero-order valence-corrected chi connectivity index (χ0v) is 76.5. The van der Waals surface area contributed by atoms with E-state index in [9.17, 15) is 24.3 Å². The summed E-state index contributed by atoms with van der Waals surface area (Å²) in [5.74, 6) is 4.67. The van der Waals surface area contributed by atoms with Crippen molar-refractivity contribution < 1.29 is 38.3 Å². The van der Waals surface area contributed by atoms with Crippen LogP contribution in [0.2, 0.25) is 0 Å². The quantitative estimate of drug-likeness (QED) is 0.0385. The van der Waals surface area contributed by atoms with E-state index in [0.717, 1.165) is 62.1 Å². The maximum Gasteiger partial charge on any atom is 0.268 e. The van der Waals surface area contributed by atoms with Crippen LogP contribution >= 0.6 is 15.9 Å². The molecule has 21 heteroatoms. The number of para-hydroxylation sites is 4. The maximum atomic E-state index is 13.9. The topological polar surface area (TPSA) is 224 Å². The number of ether oxygens (including phenoxy) is 7. The van der Waals surface area contributed by atoms with Crippen LogP contribution in [-0.4, -0.2) is 71.8 Å². The number of aromatic hydroxyl groups is 1. The number of allylic oxidation sites excluding steroid dienone is 1. The Labute approximate surface area is 768 Å². The molecular formula is C109H111BrN8O12. The second kappa shape index (κ2) is 49.5. The number of nitrogens with zero attached hydrogens (tertiary/aromatic N) is 8. The van der Waals surface area contributed by atoms with Crippen molar-refractivity contribution in [3.63, 3.8) is 0 Å². The van der Waals surface area contributed by atoms with Crippen LogP contribution in [0.4, 0.5) is 0 Å².